The summed E-state index contributed by atoms with van der Waals surface area (Å²) in [5, 5.41) is 9.76. The van der Waals surface area contributed by atoms with Gasteiger partial charge in [-0.2, -0.15) is 0 Å². The van der Waals surface area contributed by atoms with Gasteiger partial charge in [0.05, 0.1) is 22.4 Å². The van der Waals surface area contributed by atoms with Crippen LogP contribution in [-0.4, -0.2) is 34.5 Å². The van der Waals surface area contributed by atoms with E-state index >= 15 is 0 Å². The molecule has 1 saturated heterocycles. The Balaban J connectivity index is 1.97. The van der Waals surface area contributed by atoms with Crippen LogP contribution in [0.15, 0.2) is 17.2 Å². The third-order valence-electron chi connectivity index (χ3n) is 2.73. The minimum absolute atomic E-state index is 0.270. The second kappa shape index (κ2) is 5.51. The van der Waals surface area contributed by atoms with Crippen molar-refractivity contribution in [1.82, 2.24) is 4.98 Å². The quantitative estimate of drug-likeness (QED) is 0.835. The van der Waals surface area contributed by atoms with Crippen LogP contribution in [0.4, 0.5) is 0 Å². The van der Waals surface area contributed by atoms with Gasteiger partial charge in [0.25, 0.3) is 0 Å². The third kappa shape index (κ3) is 3.20. The molecule has 0 bridgehead atoms. The Bertz CT molecular complexity index is 416. The summed E-state index contributed by atoms with van der Waals surface area (Å²) < 4.78 is 5.52. The lowest BCUT2D eigenvalue weighted by Gasteiger charge is -2.09. The number of carboxylic acids is 1. The number of aromatic nitrogens is 1. The van der Waals surface area contributed by atoms with Crippen LogP contribution in [0.25, 0.3) is 0 Å². The standard InChI is InChI=1S/C12H15NO3S/c1-8-10(12(14)15)4-5-11(13-8)17-7-9-3-2-6-16-9/h4-5,9H,2-3,6-7H2,1H3,(H,14,15). The predicted molar refractivity (Wildman–Crippen MR) is 65.6 cm³/mol. The number of thioether (sulfide) groups is 1. The number of aryl methyl sites for hydroxylation is 1. The first kappa shape index (κ1) is 12.4. The summed E-state index contributed by atoms with van der Waals surface area (Å²) in [4.78, 5) is 15.1. The summed E-state index contributed by atoms with van der Waals surface area (Å²) in [5.41, 5.74) is 0.835. The Kier molecular flexibility index (Phi) is 4.02. The molecule has 2 heterocycles. The van der Waals surface area contributed by atoms with E-state index < -0.39 is 5.97 Å². The highest BCUT2D eigenvalue weighted by Crippen LogP contribution is 2.23. The maximum Gasteiger partial charge on any atom is 0.337 e. The van der Waals surface area contributed by atoms with Crippen molar-refractivity contribution in [2.75, 3.05) is 12.4 Å². The SMILES string of the molecule is Cc1nc(SCC2CCCO2)ccc1C(=O)O. The minimum atomic E-state index is -0.925. The molecule has 1 atom stereocenters. The fourth-order valence-corrected chi connectivity index (χ4v) is 2.78. The number of ether oxygens (including phenoxy) is 1. The fraction of sp³-hybridized carbons (Fsp3) is 0.500. The monoisotopic (exact) mass is 253 g/mol. The molecule has 0 spiro atoms. The first-order valence-corrected chi connectivity index (χ1v) is 6.60. The highest BCUT2D eigenvalue weighted by atomic mass is 32.2. The molecule has 92 valence electrons. The molecule has 1 unspecified atom stereocenters. The smallest absolute Gasteiger partial charge is 0.337 e. The van der Waals surface area contributed by atoms with Crippen LogP contribution in [0.5, 0.6) is 0 Å². The first-order valence-electron chi connectivity index (χ1n) is 5.62. The van der Waals surface area contributed by atoms with E-state index in [9.17, 15) is 4.79 Å². The topological polar surface area (TPSA) is 59.4 Å². The second-order valence-corrected chi connectivity index (χ2v) is 5.07. The van der Waals surface area contributed by atoms with Crippen molar-refractivity contribution in [1.29, 1.82) is 0 Å². The zero-order valence-electron chi connectivity index (χ0n) is 9.68. The number of rotatable bonds is 4. The summed E-state index contributed by atoms with van der Waals surface area (Å²) in [6, 6.07) is 3.37. The Morgan fingerprint density at radius 3 is 3.06 bits per heavy atom. The van der Waals surface area contributed by atoms with Crippen molar-refractivity contribution in [3.05, 3.63) is 23.4 Å². The lowest BCUT2D eigenvalue weighted by Crippen LogP contribution is -2.08. The van der Waals surface area contributed by atoms with Gasteiger partial charge >= 0.3 is 5.97 Å². The largest absolute Gasteiger partial charge is 0.478 e. The van der Waals surface area contributed by atoms with E-state index in [0.717, 1.165) is 30.2 Å². The van der Waals surface area contributed by atoms with E-state index in [1.165, 1.54) is 0 Å². The molecule has 17 heavy (non-hydrogen) atoms. The molecule has 1 aliphatic rings. The van der Waals surface area contributed by atoms with Gasteiger partial charge in [-0.25, -0.2) is 9.78 Å². The summed E-state index contributed by atoms with van der Waals surface area (Å²) in [6.07, 6.45) is 2.57. The van der Waals surface area contributed by atoms with E-state index in [2.05, 4.69) is 4.98 Å². The summed E-state index contributed by atoms with van der Waals surface area (Å²) >= 11 is 1.62. The van der Waals surface area contributed by atoms with Crippen molar-refractivity contribution in [3.8, 4) is 0 Å². The zero-order valence-corrected chi connectivity index (χ0v) is 10.5. The highest BCUT2D eigenvalue weighted by Gasteiger charge is 2.16. The van der Waals surface area contributed by atoms with Gasteiger partial charge in [0.15, 0.2) is 0 Å². The van der Waals surface area contributed by atoms with E-state index in [-0.39, 0.29) is 5.56 Å². The Labute approximate surface area is 104 Å². The Morgan fingerprint density at radius 2 is 2.47 bits per heavy atom. The second-order valence-electron chi connectivity index (χ2n) is 4.03. The van der Waals surface area contributed by atoms with Gasteiger partial charge in [-0.1, -0.05) is 0 Å². The lowest BCUT2D eigenvalue weighted by molar-refractivity contribution is 0.0695. The molecule has 2 rings (SSSR count). The van der Waals surface area contributed by atoms with Gasteiger partial charge in [-0.05, 0) is 31.9 Å². The van der Waals surface area contributed by atoms with Crippen LogP contribution >= 0.6 is 11.8 Å². The minimum Gasteiger partial charge on any atom is -0.478 e. The van der Waals surface area contributed by atoms with Crippen molar-refractivity contribution >= 4 is 17.7 Å². The molecule has 0 saturated carbocycles. The van der Waals surface area contributed by atoms with E-state index in [4.69, 9.17) is 9.84 Å². The van der Waals surface area contributed by atoms with Gasteiger partial charge in [-0.15, -0.1) is 11.8 Å². The predicted octanol–water partition coefficient (Wildman–Crippen LogP) is 2.36. The molecular formula is C12H15NO3S. The van der Waals surface area contributed by atoms with Gasteiger partial charge in [-0.3, -0.25) is 0 Å². The molecule has 0 amide bonds. The number of carbonyl (C=O) groups is 1. The molecule has 1 aromatic heterocycles. The van der Waals surface area contributed by atoms with Crippen LogP contribution in [0.3, 0.4) is 0 Å². The average molecular weight is 253 g/mol. The van der Waals surface area contributed by atoms with Crippen molar-refractivity contribution in [2.24, 2.45) is 0 Å². The number of hydrogen-bond acceptors (Lipinski definition) is 4. The maximum absolute atomic E-state index is 10.8. The number of aromatic carboxylic acids is 1. The van der Waals surface area contributed by atoms with Crippen molar-refractivity contribution < 1.29 is 14.6 Å². The number of carboxylic acid groups (broad SMARTS) is 1. The van der Waals surface area contributed by atoms with Gasteiger partial charge in [0, 0.05) is 12.4 Å². The number of hydrogen-bond donors (Lipinski definition) is 1. The van der Waals surface area contributed by atoms with E-state index in [1.54, 1.807) is 30.8 Å². The first-order chi connectivity index (χ1) is 8.16. The maximum atomic E-state index is 10.8. The molecule has 0 radical (unpaired) electrons. The van der Waals surface area contributed by atoms with Crippen LogP contribution in [0.2, 0.25) is 0 Å². The van der Waals surface area contributed by atoms with Crippen molar-refractivity contribution in [3.63, 3.8) is 0 Å². The van der Waals surface area contributed by atoms with Crippen LogP contribution in [-0.2, 0) is 4.74 Å². The molecule has 5 heteroatoms. The normalized spacial score (nSPS) is 19.5. The molecular weight excluding hydrogens is 238 g/mol. The molecule has 0 aliphatic carbocycles. The molecule has 4 nitrogen and oxygen atoms in total. The molecule has 1 fully saturated rings. The van der Waals surface area contributed by atoms with Crippen LogP contribution in [0, 0.1) is 6.92 Å². The summed E-state index contributed by atoms with van der Waals surface area (Å²) in [6.45, 7) is 2.58. The zero-order chi connectivity index (χ0) is 12.3. The van der Waals surface area contributed by atoms with Gasteiger partial charge in [0.1, 0.15) is 0 Å². The van der Waals surface area contributed by atoms with Crippen molar-refractivity contribution in [2.45, 2.75) is 30.9 Å². The Hall–Kier alpha value is -1.07. The average Bonchev–Trinajstić information content (AvgIpc) is 2.78. The molecule has 0 aromatic carbocycles. The highest BCUT2D eigenvalue weighted by molar-refractivity contribution is 7.99. The summed E-state index contributed by atoms with van der Waals surface area (Å²) in [5.74, 6) is -0.0375. The molecule has 1 N–H and O–H groups in total. The van der Waals surface area contributed by atoms with Crippen LogP contribution in [0.1, 0.15) is 28.9 Å². The summed E-state index contributed by atoms with van der Waals surface area (Å²) in [7, 11) is 0. The van der Waals surface area contributed by atoms with Gasteiger partial charge < -0.3 is 9.84 Å². The van der Waals surface area contributed by atoms with Crippen LogP contribution < -0.4 is 0 Å². The Morgan fingerprint density at radius 1 is 1.65 bits per heavy atom. The number of nitrogens with zero attached hydrogens (tertiary/aromatic N) is 1. The fourth-order valence-electron chi connectivity index (χ4n) is 1.80. The molecule has 1 aliphatic heterocycles. The van der Waals surface area contributed by atoms with E-state index in [1.807, 2.05) is 0 Å². The van der Waals surface area contributed by atoms with Gasteiger partial charge in [0.2, 0.25) is 0 Å². The molecule has 1 aromatic rings. The lowest BCUT2D eigenvalue weighted by atomic mass is 10.2. The third-order valence-corrected chi connectivity index (χ3v) is 3.79. The number of pyridine rings is 1. The van der Waals surface area contributed by atoms with E-state index in [0.29, 0.717) is 11.8 Å².